The number of sulfonamides is 1. The van der Waals surface area contributed by atoms with E-state index in [1.807, 2.05) is 13.8 Å². The van der Waals surface area contributed by atoms with Gasteiger partial charge in [0.05, 0.1) is 5.75 Å². The quantitative estimate of drug-likeness (QED) is 0.718. The number of aromatic nitrogens is 3. The van der Waals surface area contributed by atoms with Gasteiger partial charge in [0.25, 0.3) is 0 Å². The molecular formula is C6H13N5O2S2. The van der Waals surface area contributed by atoms with Crippen molar-refractivity contribution in [3.8, 4) is 0 Å². The van der Waals surface area contributed by atoms with Crippen molar-refractivity contribution in [2.75, 3.05) is 17.0 Å². The van der Waals surface area contributed by atoms with E-state index in [4.69, 9.17) is 0 Å². The van der Waals surface area contributed by atoms with Gasteiger partial charge in [0.2, 0.25) is 15.2 Å². The SMILES string of the molecule is CC(C)NCCS(=O)(=O)Nc1nnns1. The minimum absolute atomic E-state index is 0.00472. The van der Waals surface area contributed by atoms with E-state index in [1.165, 1.54) is 0 Å². The standard InChI is InChI=1S/C6H13N5O2S2/c1-5(2)7-3-4-15(12,13)9-6-8-10-11-14-6/h5,7H,3-4H2,1-2H3,(H,8,9,11). The van der Waals surface area contributed by atoms with Crippen LogP contribution in [-0.2, 0) is 10.0 Å². The molecule has 0 aliphatic rings. The largest absolute Gasteiger partial charge is 0.313 e. The van der Waals surface area contributed by atoms with Crippen molar-refractivity contribution >= 4 is 26.7 Å². The molecule has 0 aromatic carbocycles. The fourth-order valence-corrected chi connectivity index (χ4v) is 2.39. The number of rotatable bonds is 6. The van der Waals surface area contributed by atoms with E-state index >= 15 is 0 Å². The molecule has 0 aliphatic heterocycles. The third-order valence-electron chi connectivity index (χ3n) is 1.47. The number of hydrogen-bond acceptors (Lipinski definition) is 7. The number of nitrogens with one attached hydrogen (secondary N) is 2. The topological polar surface area (TPSA) is 96.9 Å². The summed E-state index contributed by atoms with van der Waals surface area (Å²) in [6, 6.07) is 0.267. The summed E-state index contributed by atoms with van der Waals surface area (Å²) in [6.45, 7) is 4.31. The highest BCUT2D eigenvalue weighted by Crippen LogP contribution is 2.07. The number of nitrogens with zero attached hydrogens (tertiary/aromatic N) is 3. The van der Waals surface area contributed by atoms with Gasteiger partial charge in [-0.25, -0.2) is 8.42 Å². The molecule has 2 N–H and O–H groups in total. The molecule has 1 rings (SSSR count). The molecule has 15 heavy (non-hydrogen) atoms. The van der Waals surface area contributed by atoms with Gasteiger partial charge in [-0.1, -0.05) is 23.4 Å². The number of anilines is 1. The zero-order chi connectivity index (χ0) is 11.3. The maximum absolute atomic E-state index is 11.4. The Balaban J connectivity index is 2.39. The highest BCUT2D eigenvalue weighted by molar-refractivity contribution is 7.92. The van der Waals surface area contributed by atoms with Crippen LogP contribution in [0.3, 0.4) is 0 Å². The lowest BCUT2D eigenvalue weighted by molar-refractivity contribution is 0.582. The number of hydrogen-bond donors (Lipinski definition) is 2. The lowest BCUT2D eigenvalue weighted by atomic mass is 10.4. The third kappa shape index (κ3) is 5.00. The second-order valence-corrected chi connectivity index (χ2v) is 5.77. The Kier molecular flexibility index (Phi) is 4.36. The van der Waals surface area contributed by atoms with Crippen LogP contribution in [-0.4, -0.2) is 41.6 Å². The first-order valence-electron chi connectivity index (χ1n) is 4.38. The molecule has 86 valence electrons. The van der Waals surface area contributed by atoms with Crippen LogP contribution >= 0.6 is 11.5 Å². The second-order valence-electron chi connectivity index (χ2n) is 3.20. The maximum Gasteiger partial charge on any atom is 0.238 e. The van der Waals surface area contributed by atoms with Crippen molar-refractivity contribution < 1.29 is 8.42 Å². The van der Waals surface area contributed by atoms with Gasteiger partial charge in [-0.05, 0) is 5.21 Å². The Morgan fingerprint density at radius 3 is 2.73 bits per heavy atom. The highest BCUT2D eigenvalue weighted by atomic mass is 32.2. The average molecular weight is 251 g/mol. The molecule has 0 saturated carbocycles. The van der Waals surface area contributed by atoms with Crippen LogP contribution in [0.5, 0.6) is 0 Å². The Bertz CT molecular complexity index is 374. The lowest BCUT2D eigenvalue weighted by Gasteiger charge is -2.08. The normalized spacial score (nSPS) is 11.9. The Hall–Kier alpha value is -0.800. The van der Waals surface area contributed by atoms with E-state index in [2.05, 4.69) is 24.8 Å². The molecule has 0 amide bonds. The van der Waals surface area contributed by atoms with Crippen molar-refractivity contribution in [3.05, 3.63) is 0 Å². The molecule has 1 aromatic heterocycles. The zero-order valence-corrected chi connectivity index (χ0v) is 10.1. The molecule has 0 spiro atoms. The molecule has 0 atom stereocenters. The van der Waals surface area contributed by atoms with E-state index in [0.29, 0.717) is 6.54 Å². The molecule has 0 aliphatic carbocycles. The molecule has 0 radical (unpaired) electrons. The van der Waals surface area contributed by atoms with Crippen LogP contribution in [0, 0.1) is 0 Å². The first-order chi connectivity index (χ1) is 6.99. The predicted octanol–water partition coefficient (Wildman–Crippen LogP) is -0.327. The van der Waals surface area contributed by atoms with E-state index < -0.39 is 10.0 Å². The van der Waals surface area contributed by atoms with Gasteiger partial charge < -0.3 is 5.32 Å². The first-order valence-corrected chi connectivity index (χ1v) is 6.81. The molecule has 7 nitrogen and oxygen atoms in total. The van der Waals surface area contributed by atoms with Crippen LogP contribution in [0.1, 0.15) is 13.8 Å². The smallest absolute Gasteiger partial charge is 0.238 e. The van der Waals surface area contributed by atoms with Crippen molar-refractivity contribution in [1.29, 1.82) is 0 Å². The molecule has 9 heteroatoms. The van der Waals surface area contributed by atoms with E-state index in [9.17, 15) is 8.42 Å². The molecule has 1 aromatic rings. The highest BCUT2D eigenvalue weighted by Gasteiger charge is 2.12. The van der Waals surface area contributed by atoms with Crippen LogP contribution in [0.4, 0.5) is 5.13 Å². The maximum atomic E-state index is 11.4. The lowest BCUT2D eigenvalue weighted by Crippen LogP contribution is -2.30. The van der Waals surface area contributed by atoms with E-state index in [1.54, 1.807) is 0 Å². The van der Waals surface area contributed by atoms with Gasteiger partial charge in [-0.3, -0.25) is 4.72 Å². The van der Waals surface area contributed by atoms with E-state index in [-0.39, 0.29) is 16.9 Å². The summed E-state index contributed by atoms with van der Waals surface area (Å²) in [5.41, 5.74) is 0. The van der Waals surface area contributed by atoms with Gasteiger partial charge >= 0.3 is 0 Å². The fraction of sp³-hybridized carbons (Fsp3) is 0.833. The Morgan fingerprint density at radius 2 is 2.20 bits per heavy atom. The van der Waals surface area contributed by atoms with Crippen LogP contribution in [0.2, 0.25) is 0 Å². The van der Waals surface area contributed by atoms with Crippen molar-refractivity contribution in [2.24, 2.45) is 0 Å². The van der Waals surface area contributed by atoms with Crippen LogP contribution in [0.15, 0.2) is 0 Å². The minimum Gasteiger partial charge on any atom is -0.313 e. The molecule has 0 fully saturated rings. The summed E-state index contributed by atoms with van der Waals surface area (Å²) >= 11 is 0.907. The molecule has 0 unspecified atom stereocenters. The summed E-state index contributed by atoms with van der Waals surface area (Å²) in [6.07, 6.45) is 0. The van der Waals surface area contributed by atoms with E-state index in [0.717, 1.165) is 11.5 Å². The fourth-order valence-electron chi connectivity index (χ4n) is 0.839. The summed E-state index contributed by atoms with van der Waals surface area (Å²) in [5, 5.41) is 9.99. The minimum atomic E-state index is -3.34. The Morgan fingerprint density at radius 1 is 1.47 bits per heavy atom. The van der Waals surface area contributed by atoms with Gasteiger partial charge in [0.15, 0.2) is 0 Å². The molecular weight excluding hydrogens is 238 g/mol. The zero-order valence-electron chi connectivity index (χ0n) is 8.47. The van der Waals surface area contributed by atoms with Crippen LogP contribution in [0.25, 0.3) is 0 Å². The Labute approximate surface area is 92.5 Å². The second kappa shape index (κ2) is 5.33. The molecule has 0 saturated heterocycles. The monoisotopic (exact) mass is 251 g/mol. The first kappa shape index (κ1) is 12.3. The van der Waals surface area contributed by atoms with Gasteiger partial charge in [0.1, 0.15) is 0 Å². The summed E-state index contributed by atoms with van der Waals surface area (Å²) < 4.78 is 28.6. The van der Waals surface area contributed by atoms with Gasteiger partial charge in [0, 0.05) is 24.1 Å². The summed E-state index contributed by atoms with van der Waals surface area (Å²) in [5.74, 6) is 0.00472. The summed E-state index contributed by atoms with van der Waals surface area (Å²) in [7, 11) is -3.34. The van der Waals surface area contributed by atoms with Gasteiger partial charge in [-0.2, -0.15) is 0 Å². The predicted molar refractivity (Wildman–Crippen MR) is 58.3 cm³/mol. The van der Waals surface area contributed by atoms with Crippen molar-refractivity contribution in [3.63, 3.8) is 0 Å². The average Bonchev–Trinajstić information content (AvgIpc) is 2.54. The van der Waals surface area contributed by atoms with Crippen molar-refractivity contribution in [2.45, 2.75) is 19.9 Å². The van der Waals surface area contributed by atoms with Gasteiger partial charge in [-0.15, -0.1) is 0 Å². The third-order valence-corrected chi connectivity index (χ3v) is 3.35. The summed E-state index contributed by atoms with van der Waals surface area (Å²) in [4.78, 5) is 0. The molecule has 1 heterocycles. The molecule has 0 bridgehead atoms. The van der Waals surface area contributed by atoms with Crippen molar-refractivity contribution in [1.82, 2.24) is 20.1 Å². The van der Waals surface area contributed by atoms with Crippen LogP contribution < -0.4 is 10.0 Å².